The van der Waals surface area contributed by atoms with Gasteiger partial charge in [-0.2, -0.15) is 0 Å². The van der Waals surface area contributed by atoms with Gasteiger partial charge in [0.1, 0.15) is 23.5 Å². The molecule has 5 rings (SSSR count). The number of nitrogens with zero attached hydrogens (tertiary/aromatic N) is 2. The second-order valence-electron chi connectivity index (χ2n) is 13.6. The van der Waals surface area contributed by atoms with E-state index in [-0.39, 0.29) is 11.9 Å². The molecule has 0 aliphatic carbocycles. The molecule has 1 heterocycles. The van der Waals surface area contributed by atoms with E-state index in [4.69, 9.17) is 15.2 Å². The van der Waals surface area contributed by atoms with Gasteiger partial charge in [-0.25, -0.2) is 4.79 Å². The summed E-state index contributed by atoms with van der Waals surface area (Å²) in [6, 6.07) is 31.6. The summed E-state index contributed by atoms with van der Waals surface area (Å²) >= 11 is 0. The normalized spacial score (nSPS) is 16.9. The summed E-state index contributed by atoms with van der Waals surface area (Å²) in [6.45, 7) is 10.6. The largest absolute Gasteiger partial charge is 0.489 e. The van der Waals surface area contributed by atoms with Gasteiger partial charge in [0.15, 0.2) is 0 Å². The molecule has 2 atom stereocenters. The van der Waals surface area contributed by atoms with Crippen molar-refractivity contribution in [2.45, 2.75) is 77.2 Å². The van der Waals surface area contributed by atoms with Crippen molar-refractivity contribution in [3.63, 3.8) is 0 Å². The lowest BCUT2D eigenvalue weighted by Gasteiger charge is -2.43. The van der Waals surface area contributed by atoms with Gasteiger partial charge in [0.25, 0.3) is 5.91 Å². The third-order valence-electron chi connectivity index (χ3n) is 8.96. The number of piperazine rings is 1. The highest BCUT2D eigenvalue weighted by atomic mass is 16.6. The first kappa shape index (κ1) is 34.1. The fraction of sp³-hybridized carbons (Fsp3) is 0.400. The van der Waals surface area contributed by atoms with Crippen molar-refractivity contribution >= 4 is 22.6 Å². The Balaban J connectivity index is 1.37. The lowest BCUT2D eigenvalue weighted by Crippen LogP contribution is -2.57. The third-order valence-corrected chi connectivity index (χ3v) is 8.96. The van der Waals surface area contributed by atoms with Crippen molar-refractivity contribution in [1.29, 1.82) is 0 Å². The molecule has 4 aromatic rings. The Labute approximate surface area is 279 Å². The highest BCUT2D eigenvalue weighted by Crippen LogP contribution is 2.35. The van der Waals surface area contributed by atoms with Gasteiger partial charge >= 0.3 is 5.97 Å². The van der Waals surface area contributed by atoms with Crippen LogP contribution in [0.1, 0.15) is 74.9 Å². The number of nitrogens with two attached hydrogens (primary N) is 1. The average Bonchev–Trinajstić information content (AvgIpc) is 3.08. The summed E-state index contributed by atoms with van der Waals surface area (Å²) < 4.78 is 12.2. The maximum Gasteiger partial charge on any atom is 0.331 e. The van der Waals surface area contributed by atoms with Crippen LogP contribution in [-0.4, -0.2) is 59.5 Å². The highest BCUT2D eigenvalue weighted by Gasteiger charge is 2.43. The molecule has 0 radical (unpaired) electrons. The molecule has 1 amide bonds. The Morgan fingerprint density at radius 1 is 0.872 bits per heavy atom. The van der Waals surface area contributed by atoms with Gasteiger partial charge < -0.3 is 20.1 Å². The van der Waals surface area contributed by atoms with Crippen LogP contribution in [-0.2, 0) is 21.7 Å². The van der Waals surface area contributed by atoms with Crippen molar-refractivity contribution < 1.29 is 19.1 Å². The van der Waals surface area contributed by atoms with Gasteiger partial charge in [-0.1, -0.05) is 105 Å². The minimum absolute atomic E-state index is 0.0642. The molecule has 7 heteroatoms. The molecule has 1 saturated heterocycles. The van der Waals surface area contributed by atoms with E-state index in [1.807, 2.05) is 123 Å². The first-order valence-corrected chi connectivity index (χ1v) is 16.9. The SMILES string of the molecule is CCCC[C@H]1CN(C(=O)c2cccc3ccccc23)CCN1CCC(N)(C(=O)OC(C)(C)C)c1ccccc1OCc1ccccc1. The van der Waals surface area contributed by atoms with Crippen molar-refractivity contribution in [3.05, 3.63) is 114 Å². The minimum Gasteiger partial charge on any atom is -0.489 e. The van der Waals surface area contributed by atoms with E-state index in [2.05, 4.69) is 11.8 Å². The molecule has 47 heavy (non-hydrogen) atoms. The lowest BCUT2D eigenvalue weighted by molar-refractivity contribution is -0.162. The number of carbonyl (C=O) groups excluding carboxylic acids is 2. The van der Waals surface area contributed by atoms with Crippen LogP contribution in [0.2, 0.25) is 0 Å². The van der Waals surface area contributed by atoms with E-state index < -0.39 is 17.1 Å². The highest BCUT2D eigenvalue weighted by molar-refractivity contribution is 6.07. The second-order valence-corrected chi connectivity index (χ2v) is 13.6. The van der Waals surface area contributed by atoms with Crippen LogP contribution in [0, 0.1) is 0 Å². The summed E-state index contributed by atoms with van der Waals surface area (Å²) in [5.41, 5.74) is 7.39. The van der Waals surface area contributed by atoms with Gasteiger partial charge in [0, 0.05) is 43.3 Å². The lowest BCUT2D eigenvalue weighted by atomic mass is 9.86. The summed E-state index contributed by atoms with van der Waals surface area (Å²) in [5, 5.41) is 2.04. The number of hydrogen-bond acceptors (Lipinski definition) is 6. The Kier molecular flexibility index (Phi) is 11.0. The number of esters is 1. The molecule has 2 N–H and O–H groups in total. The Morgan fingerprint density at radius 2 is 1.57 bits per heavy atom. The molecule has 0 saturated carbocycles. The van der Waals surface area contributed by atoms with Gasteiger partial charge in [0.05, 0.1) is 0 Å². The molecule has 1 fully saturated rings. The quantitative estimate of drug-likeness (QED) is 0.164. The fourth-order valence-corrected chi connectivity index (χ4v) is 6.40. The van der Waals surface area contributed by atoms with Crippen molar-refractivity contribution in [2.24, 2.45) is 5.73 Å². The number of para-hydroxylation sites is 1. The summed E-state index contributed by atoms with van der Waals surface area (Å²) in [5.74, 6) is 0.155. The Hall–Kier alpha value is -4.20. The summed E-state index contributed by atoms with van der Waals surface area (Å²) in [4.78, 5) is 32.2. The van der Waals surface area contributed by atoms with Crippen LogP contribution in [0.15, 0.2) is 97.1 Å². The van der Waals surface area contributed by atoms with Crippen LogP contribution in [0.25, 0.3) is 10.8 Å². The predicted octanol–water partition coefficient (Wildman–Crippen LogP) is 7.32. The second kappa shape index (κ2) is 15.1. The minimum atomic E-state index is -1.44. The number of rotatable bonds is 12. The van der Waals surface area contributed by atoms with E-state index in [1.165, 1.54) is 0 Å². The molecule has 1 aliphatic rings. The van der Waals surface area contributed by atoms with Crippen molar-refractivity contribution in [2.75, 3.05) is 26.2 Å². The number of carbonyl (C=O) groups is 2. The molecule has 1 aliphatic heterocycles. The first-order chi connectivity index (χ1) is 22.6. The van der Waals surface area contributed by atoms with Crippen LogP contribution in [0.3, 0.4) is 0 Å². The van der Waals surface area contributed by atoms with Crippen LogP contribution in [0.4, 0.5) is 0 Å². The molecular weight excluding hydrogens is 586 g/mol. The van der Waals surface area contributed by atoms with Crippen molar-refractivity contribution in [1.82, 2.24) is 9.80 Å². The molecule has 4 aromatic carbocycles. The number of unbranched alkanes of at least 4 members (excludes halogenated alkanes) is 1. The predicted molar refractivity (Wildman–Crippen MR) is 188 cm³/mol. The standard InChI is InChI=1S/C40H49N3O4/c1-5-6-19-32-28-43(37(44)34-21-14-18-31-17-10-11-20-33(31)34)27-26-42(32)25-24-40(41,38(45)47-39(2,3)4)35-22-12-13-23-36(35)46-29-30-15-8-7-9-16-30/h7-18,20-23,32H,5-6,19,24-29,41H2,1-4H3/t32-,40?/m0/s1. The zero-order chi connectivity index (χ0) is 33.4. The Morgan fingerprint density at radius 3 is 2.34 bits per heavy atom. The van der Waals surface area contributed by atoms with Crippen LogP contribution >= 0.6 is 0 Å². The number of hydrogen-bond donors (Lipinski definition) is 1. The molecule has 0 bridgehead atoms. The maximum absolute atomic E-state index is 14.0. The van der Waals surface area contributed by atoms with Crippen molar-refractivity contribution in [3.8, 4) is 5.75 Å². The number of fused-ring (bicyclic) bond motifs is 1. The number of benzene rings is 4. The topological polar surface area (TPSA) is 85.1 Å². The number of ether oxygens (including phenoxy) is 2. The molecule has 248 valence electrons. The number of amides is 1. The average molecular weight is 636 g/mol. The molecule has 1 unspecified atom stereocenters. The molecule has 7 nitrogen and oxygen atoms in total. The third kappa shape index (κ3) is 8.40. The van der Waals surface area contributed by atoms with Crippen LogP contribution in [0.5, 0.6) is 5.75 Å². The zero-order valence-electron chi connectivity index (χ0n) is 28.3. The van der Waals surface area contributed by atoms with Gasteiger partial charge in [-0.15, -0.1) is 0 Å². The van der Waals surface area contributed by atoms with E-state index >= 15 is 0 Å². The maximum atomic E-state index is 14.0. The van der Waals surface area contributed by atoms with E-state index in [9.17, 15) is 9.59 Å². The van der Waals surface area contributed by atoms with Gasteiger partial charge in [0.2, 0.25) is 0 Å². The fourth-order valence-electron chi connectivity index (χ4n) is 6.40. The zero-order valence-corrected chi connectivity index (χ0v) is 28.3. The molecule has 0 spiro atoms. The van der Waals surface area contributed by atoms with Crippen LogP contribution < -0.4 is 10.5 Å². The van der Waals surface area contributed by atoms with E-state index in [0.29, 0.717) is 50.5 Å². The smallest absolute Gasteiger partial charge is 0.331 e. The monoisotopic (exact) mass is 635 g/mol. The molecular formula is C40H49N3O4. The van der Waals surface area contributed by atoms with Gasteiger partial charge in [-0.3, -0.25) is 9.69 Å². The first-order valence-electron chi connectivity index (χ1n) is 16.9. The molecule has 0 aromatic heterocycles. The Bertz CT molecular complexity index is 1650. The van der Waals surface area contributed by atoms with E-state index in [0.717, 1.165) is 41.2 Å². The van der Waals surface area contributed by atoms with E-state index in [1.54, 1.807) is 0 Å². The summed E-state index contributed by atoms with van der Waals surface area (Å²) in [7, 11) is 0. The van der Waals surface area contributed by atoms with Gasteiger partial charge in [-0.05, 0) is 62.1 Å². The summed E-state index contributed by atoms with van der Waals surface area (Å²) in [6.07, 6.45) is 3.41.